The lowest BCUT2D eigenvalue weighted by Gasteiger charge is -2.10. The summed E-state index contributed by atoms with van der Waals surface area (Å²) >= 11 is 1.62. The van der Waals surface area contributed by atoms with Gasteiger partial charge in [-0.05, 0) is 32.0 Å². The van der Waals surface area contributed by atoms with Crippen LogP contribution >= 0.6 is 11.3 Å². The molecule has 0 bridgehead atoms. The number of nitrogen functional groups attached to an aromatic ring is 1. The number of thiazole rings is 1. The number of aromatic nitrogens is 1. The van der Waals surface area contributed by atoms with Gasteiger partial charge in [-0.1, -0.05) is 0 Å². The molecule has 6 heteroatoms. The summed E-state index contributed by atoms with van der Waals surface area (Å²) < 4.78 is 0. The van der Waals surface area contributed by atoms with Gasteiger partial charge in [0.25, 0.3) is 5.91 Å². The number of hydrogen-bond acceptors (Lipinski definition) is 5. The van der Waals surface area contributed by atoms with Crippen LogP contribution in [0.3, 0.4) is 0 Å². The number of aryl methyl sites for hydroxylation is 1. The van der Waals surface area contributed by atoms with Crippen molar-refractivity contribution in [2.24, 2.45) is 0 Å². The highest BCUT2D eigenvalue weighted by molar-refractivity contribution is 7.09. The molecular weight excluding hydrogens is 272 g/mol. The minimum absolute atomic E-state index is 0.110. The van der Waals surface area contributed by atoms with Crippen molar-refractivity contribution in [3.8, 4) is 0 Å². The molecular formula is C14H18N4OS. The molecule has 0 saturated carbocycles. The zero-order chi connectivity index (χ0) is 14.5. The standard InChI is InChI=1S/C14H18N4OS/c1-3-16-14(19)10-4-5-13(12(15)6-10)17-7-11-8-20-9(2)18-11/h4-6,8,17H,3,7,15H2,1-2H3,(H,16,19). The average Bonchev–Trinajstić information content (AvgIpc) is 2.83. The minimum atomic E-state index is -0.110. The number of amides is 1. The maximum atomic E-state index is 11.7. The Kier molecular flexibility index (Phi) is 4.57. The molecule has 106 valence electrons. The quantitative estimate of drug-likeness (QED) is 0.739. The molecule has 0 aliphatic carbocycles. The van der Waals surface area contributed by atoms with Gasteiger partial charge in [-0.2, -0.15) is 0 Å². The summed E-state index contributed by atoms with van der Waals surface area (Å²) in [6.45, 7) is 5.08. The number of nitrogens with two attached hydrogens (primary N) is 1. The fraction of sp³-hybridized carbons (Fsp3) is 0.286. The third-order valence-electron chi connectivity index (χ3n) is 2.78. The average molecular weight is 290 g/mol. The predicted molar refractivity (Wildman–Crippen MR) is 83.0 cm³/mol. The maximum Gasteiger partial charge on any atom is 0.251 e. The van der Waals surface area contributed by atoms with Crippen molar-refractivity contribution < 1.29 is 4.79 Å². The van der Waals surface area contributed by atoms with Crippen molar-refractivity contribution in [2.75, 3.05) is 17.6 Å². The van der Waals surface area contributed by atoms with E-state index in [-0.39, 0.29) is 5.91 Å². The highest BCUT2D eigenvalue weighted by Gasteiger charge is 2.07. The van der Waals surface area contributed by atoms with Crippen LogP contribution in [0.25, 0.3) is 0 Å². The second-order valence-electron chi connectivity index (χ2n) is 4.37. The van der Waals surface area contributed by atoms with E-state index in [1.54, 1.807) is 23.5 Å². The monoisotopic (exact) mass is 290 g/mol. The lowest BCUT2D eigenvalue weighted by molar-refractivity contribution is 0.0956. The first-order valence-electron chi connectivity index (χ1n) is 6.42. The van der Waals surface area contributed by atoms with Crippen LogP contribution in [0.15, 0.2) is 23.6 Å². The second kappa shape index (κ2) is 6.38. The summed E-state index contributed by atoms with van der Waals surface area (Å²) in [5.74, 6) is -0.110. The molecule has 20 heavy (non-hydrogen) atoms. The Morgan fingerprint density at radius 1 is 1.45 bits per heavy atom. The Balaban J connectivity index is 2.04. The van der Waals surface area contributed by atoms with Gasteiger partial charge >= 0.3 is 0 Å². The molecule has 1 aromatic heterocycles. The number of carbonyl (C=O) groups is 1. The number of rotatable bonds is 5. The van der Waals surface area contributed by atoms with E-state index in [1.165, 1.54) is 0 Å². The molecule has 1 heterocycles. The van der Waals surface area contributed by atoms with Crippen molar-refractivity contribution in [3.63, 3.8) is 0 Å². The van der Waals surface area contributed by atoms with Crippen LogP contribution in [0.1, 0.15) is 28.0 Å². The van der Waals surface area contributed by atoms with E-state index in [1.807, 2.05) is 25.3 Å². The number of benzene rings is 1. The molecule has 0 saturated heterocycles. The van der Waals surface area contributed by atoms with Crippen molar-refractivity contribution in [1.29, 1.82) is 0 Å². The van der Waals surface area contributed by atoms with Crippen LogP contribution in [-0.2, 0) is 6.54 Å². The van der Waals surface area contributed by atoms with Crippen molar-refractivity contribution in [3.05, 3.63) is 39.8 Å². The molecule has 0 unspecified atom stereocenters. The smallest absolute Gasteiger partial charge is 0.251 e. The van der Waals surface area contributed by atoms with E-state index < -0.39 is 0 Å². The predicted octanol–water partition coefficient (Wildman–Crippen LogP) is 2.40. The van der Waals surface area contributed by atoms with Gasteiger partial charge in [0.1, 0.15) is 0 Å². The third-order valence-corrected chi connectivity index (χ3v) is 3.60. The molecule has 4 N–H and O–H groups in total. The van der Waals surface area contributed by atoms with Crippen LogP contribution in [0.5, 0.6) is 0 Å². The zero-order valence-electron chi connectivity index (χ0n) is 11.6. The molecule has 0 radical (unpaired) electrons. The van der Waals surface area contributed by atoms with E-state index in [0.717, 1.165) is 16.4 Å². The van der Waals surface area contributed by atoms with Crippen LogP contribution in [0.4, 0.5) is 11.4 Å². The Hall–Kier alpha value is -2.08. The van der Waals surface area contributed by atoms with Crippen molar-refractivity contribution in [1.82, 2.24) is 10.3 Å². The van der Waals surface area contributed by atoms with Gasteiger partial charge in [0, 0.05) is 17.5 Å². The Bertz CT molecular complexity index is 609. The largest absolute Gasteiger partial charge is 0.397 e. The van der Waals surface area contributed by atoms with Gasteiger partial charge < -0.3 is 16.4 Å². The van der Waals surface area contributed by atoms with Gasteiger partial charge in [-0.25, -0.2) is 4.98 Å². The number of nitrogens with one attached hydrogen (secondary N) is 2. The highest BCUT2D eigenvalue weighted by Crippen LogP contribution is 2.21. The molecule has 2 aromatic rings. The molecule has 0 fully saturated rings. The van der Waals surface area contributed by atoms with Gasteiger partial charge in [-0.3, -0.25) is 4.79 Å². The molecule has 0 aliphatic rings. The highest BCUT2D eigenvalue weighted by atomic mass is 32.1. The molecule has 1 amide bonds. The molecule has 1 aromatic carbocycles. The van der Waals surface area contributed by atoms with E-state index in [4.69, 9.17) is 5.73 Å². The van der Waals surface area contributed by atoms with E-state index >= 15 is 0 Å². The topological polar surface area (TPSA) is 80.0 Å². The summed E-state index contributed by atoms with van der Waals surface area (Å²) in [6.07, 6.45) is 0. The van der Waals surface area contributed by atoms with E-state index in [2.05, 4.69) is 15.6 Å². The van der Waals surface area contributed by atoms with Crippen LogP contribution in [0, 0.1) is 6.92 Å². The fourth-order valence-electron chi connectivity index (χ4n) is 1.80. The zero-order valence-corrected chi connectivity index (χ0v) is 12.4. The number of nitrogens with zero attached hydrogens (tertiary/aromatic N) is 1. The van der Waals surface area contributed by atoms with Crippen LogP contribution in [-0.4, -0.2) is 17.4 Å². The SMILES string of the molecule is CCNC(=O)c1ccc(NCc2csc(C)n2)c(N)c1. The van der Waals surface area contributed by atoms with E-state index in [0.29, 0.717) is 24.3 Å². The number of carbonyl (C=O) groups excluding carboxylic acids is 1. The lowest BCUT2D eigenvalue weighted by Crippen LogP contribution is -2.22. The summed E-state index contributed by atoms with van der Waals surface area (Å²) in [6, 6.07) is 5.26. The van der Waals surface area contributed by atoms with Gasteiger partial charge in [0.05, 0.1) is 28.6 Å². The Morgan fingerprint density at radius 3 is 2.85 bits per heavy atom. The Labute approximate surface area is 122 Å². The minimum Gasteiger partial charge on any atom is -0.397 e. The summed E-state index contributed by atoms with van der Waals surface area (Å²) in [5.41, 5.74) is 8.88. The van der Waals surface area contributed by atoms with Crippen molar-refractivity contribution in [2.45, 2.75) is 20.4 Å². The number of hydrogen-bond donors (Lipinski definition) is 3. The molecule has 2 rings (SSSR count). The number of anilines is 2. The first-order valence-corrected chi connectivity index (χ1v) is 7.30. The van der Waals surface area contributed by atoms with E-state index in [9.17, 15) is 4.79 Å². The molecule has 0 aliphatic heterocycles. The lowest BCUT2D eigenvalue weighted by atomic mass is 10.1. The van der Waals surface area contributed by atoms with Crippen molar-refractivity contribution >= 4 is 28.6 Å². The first-order chi connectivity index (χ1) is 9.60. The Morgan fingerprint density at radius 2 is 2.25 bits per heavy atom. The molecule has 5 nitrogen and oxygen atoms in total. The summed E-state index contributed by atoms with van der Waals surface area (Å²) in [7, 11) is 0. The summed E-state index contributed by atoms with van der Waals surface area (Å²) in [4.78, 5) is 16.1. The second-order valence-corrected chi connectivity index (χ2v) is 5.44. The van der Waals surface area contributed by atoms with Gasteiger partial charge in [0.15, 0.2) is 0 Å². The van der Waals surface area contributed by atoms with Gasteiger partial charge in [-0.15, -0.1) is 11.3 Å². The maximum absolute atomic E-state index is 11.7. The fourth-order valence-corrected chi connectivity index (χ4v) is 2.42. The molecule has 0 atom stereocenters. The van der Waals surface area contributed by atoms with Crippen LogP contribution in [0.2, 0.25) is 0 Å². The first kappa shape index (κ1) is 14.3. The van der Waals surface area contributed by atoms with Crippen LogP contribution < -0.4 is 16.4 Å². The summed E-state index contributed by atoms with van der Waals surface area (Å²) in [5, 5.41) is 9.03. The normalized spacial score (nSPS) is 10.3. The van der Waals surface area contributed by atoms with Gasteiger partial charge in [0.2, 0.25) is 0 Å². The third kappa shape index (κ3) is 3.48. The molecule has 0 spiro atoms.